The van der Waals surface area contributed by atoms with Gasteiger partial charge in [0.2, 0.25) is 0 Å². The van der Waals surface area contributed by atoms with Gasteiger partial charge in [0, 0.05) is 6.42 Å². The van der Waals surface area contributed by atoms with Crippen molar-refractivity contribution >= 4 is 48.8 Å². The van der Waals surface area contributed by atoms with Crippen LogP contribution in [0.25, 0.3) is 10.8 Å². The Morgan fingerprint density at radius 2 is 1.88 bits per heavy atom. The molecule has 0 saturated carbocycles. The van der Waals surface area contributed by atoms with Crippen LogP contribution >= 0.6 is 15.9 Å². The summed E-state index contributed by atoms with van der Waals surface area (Å²) in [5.41, 5.74) is 1.00. The second kappa shape index (κ2) is 7.08. The third-order valence-corrected chi connectivity index (χ3v) is 6.19. The molecule has 0 bridgehead atoms. The van der Waals surface area contributed by atoms with Crippen molar-refractivity contribution in [2.24, 2.45) is 0 Å². The van der Waals surface area contributed by atoms with E-state index < -0.39 is 28.6 Å². The van der Waals surface area contributed by atoms with Gasteiger partial charge in [-0.15, -0.1) is 0 Å². The molecule has 136 valence electrons. The van der Waals surface area contributed by atoms with E-state index in [2.05, 4.69) is 20.7 Å². The number of fused-ring (bicyclic) bond motifs is 1. The maximum absolute atomic E-state index is 12.4. The first kappa shape index (κ1) is 18.4. The Bertz CT molecular complexity index is 1030. The summed E-state index contributed by atoms with van der Waals surface area (Å²) in [4.78, 5) is 23.7. The van der Waals surface area contributed by atoms with Gasteiger partial charge in [0.25, 0.3) is 5.91 Å². The molecule has 0 saturated heterocycles. The van der Waals surface area contributed by atoms with Crippen molar-refractivity contribution in [3.05, 3.63) is 58.2 Å². The molecule has 0 spiro atoms. The summed E-state index contributed by atoms with van der Waals surface area (Å²) in [6.07, 6.45) is 0.144. The number of halogens is 1. The number of carbonyl (C=O) groups excluding carboxylic acids is 2. The first-order chi connectivity index (χ1) is 12.3. The number of hydrogen-bond acceptors (Lipinski definition) is 5. The molecule has 0 radical (unpaired) electrons. The summed E-state index contributed by atoms with van der Waals surface area (Å²) < 4.78 is 32.1. The highest BCUT2D eigenvalue weighted by atomic mass is 79.9. The molecule has 3 rings (SSSR count). The molecule has 1 aliphatic rings. The molecule has 2 aromatic rings. The Kier molecular flexibility index (Phi) is 5.01. The molecule has 0 aliphatic carbocycles. The van der Waals surface area contributed by atoms with E-state index >= 15 is 0 Å². The van der Waals surface area contributed by atoms with Crippen LogP contribution in [-0.4, -0.2) is 38.3 Å². The van der Waals surface area contributed by atoms with Crippen LogP contribution in [0.5, 0.6) is 0 Å². The fourth-order valence-corrected chi connectivity index (χ4v) is 4.63. The van der Waals surface area contributed by atoms with Crippen molar-refractivity contribution in [3.63, 3.8) is 0 Å². The molecule has 0 fully saturated rings. The molecule has 1 amide bonds. The maximum Gasteiger partial charge on any atom is 0.326 e. The largest absolute Gasteiger partial charge is 0.468 e. The lowest BCUT2D eigenvalue weighted by Gasteiger charge is -2.30. The number of nitrogens with zero attached hydrogens (tertiary/aromatic N) is 1. The number of ether oxygens (including phenoxy) is 1. The van der Waals surface area contributed by atoms with Crippen molar-refractivity contribution in [1.82, 2.24) is 9.03 Å². The molecule has 0 unspecified atom stereocenters. The van der Waals surface area contributed by atoms with Gasteiger partial charge in [0.05, 0.1) is 12.8 Å². The van der Waals surface area contributed by atoms with Crippen LogP contribution < -0.4 is 4.72 Å². The predicted octanol–water partition coefficient (Wildman–Crippen LogP) is 1.84. The second-order valence-electron chi connectivity index (χ2n) is 5.59. The summed E-state index contributed by atoms with van der Waals surface area (Å²) in [7, 11) is -3.02. The molecule has 0 atom stereocenters. The molecule has 1 N–H and O–H groups in total. The van der Waals surface area contributed by atoms with Crippen LogP contribution in [0, 0.1) is 0 Å². The van der Waals surface area contributed by atoms with Crippen LogP contribution in [0.15, 0.2) is 52.6 Å². The fourth-order valence-electron chi connectivity index (χ4n) is 2.76. The Morgan fingerprint density at radius 1 is 1.19 bits per heavy atom. The lowest BCUT2D eigenvalue weighted by atomic mass is 10.0. The minimum Gasteiger partial charge on any atom is -0.468 e. The summed E-state index contributed by atoms with van der Waals surface area (Å²) >= 11 is 3.15. The van der Waals surface area contributed by atoms with Crippen molar-refractivity contribution in [2.45, 2.75) is 6.42 Å². The molecule has 2 aromatic carbocycles. The minimum absolute atomic E-state index is 0.0594. The number of amides is 1. The van der Waals surface area contributed by atoms with E-state index in [-0.39, 0.29) is 16.6 Å². The number of nitrogens with one attached hydrogen (secondary N) is 1. The average Bonchev–Trinajstić information content (AvgIpc) is 2.62. The lowest BCUT2D eigenvalue weighted by Crippen LogP contribution is -2.50. The van der Waals surface area contributed by atoms with Gasteiger partial charge in [-0.05, 0) is 32.3 Å². The van der Waals surface area contributed by atoms with Crippen molar-refractivity contribution in [3.8, 4) is 0 Å². The second-order valence-corrected chi connectivity index (χ2v) is 7.98. The van der Waals surface area contributed by atoms with Crippen LogP contribution in [0.1, 0.15) is 5.56 Å². The van der Waals surface area contributed by atoms with E-state index in [1.165, 1.54) is 7.11 Å². The van der Waals surface area contributed by atoms with E-state index in [1.54, 1.807) is 0 Å². The van der Waals surface area contributed by atoms with Gasteiger partial charge >= 0.3 is 16.2 Å². The van der Waals surface area contributed by atoms with Crippen LogP contribution in [0.4, 0.5) is 0 Å². The van der Waals surface area contributed by atoms with Gasteiger partial charge in [-0.1, -0.05) is 42.5 Å². The Morgan fingerprint density at radius 3 is 2.62 bits per heavy atom. The van der Waals surface area contributed by atoms with E-state index in [0.29, 0.717) is 0 Å². The molecule has 1 heterocycles. The minimum atomic E-state index is -4.19. The monoisotopic (exact) mass is 438 g/mol. The molecule has 1 aliphatic heterocycles. The Hall–Kier alpha value is -2.39. The molecular formula is C17H15BrN2O5S. The zero-order valence-electron chi connectivity index (χ0n) is 13.7. The summed E-state index contributed by atoms with van der Waals surface area (Å²) in [5, 5.41) is 1.92. The van der Waals surface area contributed by atoms with E-state index in [1.807, 2.05) is 47.2 Å². The van der Waals surface area contributed by atoms with E-state index in [4.69, 9.17) is 0 Å². The SMILES string of the molecule is COC(=O)CN1C(Cc2cccc3ccccc23)=C(Br)C(=O)NS1(=O)=O. The Labute approximate surface area is 158 Å². The van der Waals surface area contributed by atoms with Gasteiger partial charge < -0.3 is 4.74 Å². The number of benzene rings is 2. The van der Waals surface area contributed by atoms with E-state index in [9.17, 15) is 18.0 Å². The smallest absolute Gasteiger partial charge is 0.326 e. The number of carbonyl (C=O) groups is 2. The highest BCUT2D eigenvalue weighted by Crippen LogP contribution is 2.29. The third kappa shape index (κ3) is 3.45. The van der Waals surface area contributed by atoms with Crippen LogP contribution in [-0.2, 0) is 31.0 Å². The normalized spacial score (nSPS) is 16.5. The van der Waals surface area contributed by atoms with Crippen molar-refractivity contribution in [1.29, 1.82) is 0 Å². The summed E-state index contributed by atoms with van der Waals surface area (Å²) in [5.74, 6) is -1.51. The molecule has 26 heavy (non-hydrogen) atoms. The van der Waals surface area contributed by atoms with Gasteiger partial charge in [0.1, 0.15) is 11.0 Å². The molecular weight excluding hydrogens is 424 g/mol. The van der Waals surface area contributed by atoms with Crippen LogP contribution in [0.3, 0.4) is 0 Å². The maximum atomic E-state index is 12.4. The number of hydrogen-bond donors (Lipinski definition) is 1. The number of methoxy groups -OCH3 is 1. The Balaban J connectivity index is 2.10. The first-order valence-corrected chi connectivity index (χ1v) is 9.83. The highest BCUT2D eigenvalue weighted by molar-refractivity contribution is 9.12. The third-order valence-electron chi connectivity index (χ3n) is 4.00. The zero-order valence-corrected chi connectivity index (χ0v) is 16.1. The molecule has 0 aromatic heterocycles. The van der Waals surface area contributed by atoms with Crippen molar-refractivity contribution < 1.29 is 22.7 Å². The first-order valence-electron chi connectivity index (χ1n) is 7.60. The number of allylic oxidation sites excluding steroid dienone is 1. The predicted molar refractivity (Wildman–Crippen MR) is 99.4 cm³/mol. The standard InChI is InChI=1S/C17H15BrN2O5S/c1-25-15(21)10-20-14(16(18)17(22)19-26(20,23)24)9-12-7-4-6-11-5-2-3-8-13(11)12/h2-8H,9-10H2,1H3,(H,19,22). The van der Waals surface area contributed by atoms with Crippen molar-refractivity contribution in [2.75, 3.05) is 13.7 Å². The van der Waals surface area contributed by atoms with Crippen LogP contribution in [0.2, 0.25) is 0 Å². The van der Waals surface area contributed by atoms with Gasteiger partial charge in [0.15, 0.2) is 0 Å². The quantitative estimate of drug-likeness (QED) is 0.735. The highest BCUT2D eigenvalue weighted by Gasteiger charge is 2.37. The van der Waals surface area contributed by atoms with Gasteiger partial charge in [-0.25, -0.2) is 9.03 Å². The fraction of sp³-hybridized carbons (Fsp3) is 0.176. The molecule has 7 nitrogen and oxygen atoms in total. The number of rotatable bonds is 4. The number of esters is 1. The zero-order chi connectivity index (χ0) is 18.9. The topological polar surface area (TPSA) is 92.8 Å². The average molecular weight is 439 g/mol. The van der Waals surface area contributed by atoms with E-state index in [0.717, 1.165) is 20.6 Å². The van der Waals surface area contributed by atoms with Gasteiger partial charge in [-0.2, -0.15) is 8.42 Å². The van der Waals surface area contributed by atoms with Gasteiger partial charge in [-0.3, -0.25) is 9.59 Å². The summed E-state index contributed by atoms with van der Waals surface area (Å²) in [6, 6.07) is 13.3. The summed E-state index contributed by atoms with van der Waals surface area (Å²) in [6.45, 7) is -0.533. The molecule has 9 heteroatoms. The lowest BCUT2D eigenvalue weighted by molar-refractivity contribution is -0.140.